The summed E-state index contributed by atoms with van der Waals surface area (Å²) in [5, 5.41) is 0. The Kier molecular flexibility index (Phi) is 2.60. The molecule has 1 aromatic heterocycles. The third kappa shape index (κ3) is 1.78. The fourth-order valence-corrected chi connectivity index (χ4v) is 1.90. The highest BCUT2D eigenvalue weighted by Crippen LogP contribution is 2.40. The summed E-state index contributed by atoms with van der Waals surface area (Å²) in [5.41, 5.74) is 6.52. The van der Waals surface area contributed by atoms with Gasteiger partial charge in [0.15, 0.2) is 5.75 Å². The zero-order valence-corrected chi connectivity index (χ0v) is 9.47. The van der Waals surface area contributed by atoms with Gasteiger partial charge >= 0.3 is 0 Å². The Morgan fingerprint density at radius 3 is 2.94 bits per heavy atom. The van der Waals surface area contributed by atoms with Gasteiger partial charge in [0.2, 0.25) is 0 Å². The van der Waals surface area contributed by atoms with Gasteiger partial charge in [0.25, 0.3) is 5.88 Å². The summed E-state index contributed by atoms with van der Waals surface area (Å²) in [5.74, 6) is 0.654. The number of ether oxygens (including phenoxy) is 2. The van der Waals surface area contributed by atoms with Crippen molar-refractivity contribution in [3.05, 3.63) is 47.9 Å². The maximum atomic E-state index is 13.2. The molecule has 2 N–H and O–H groups in total. The molecule has 4 nitrogen and oxygen atoms in total. The second-order valence-electron chi connectivity index (χ2n) is 3.94. The van der Waals surface area contributed by atoms with Crippen LogP contribution in [-0.4, -0.2) is 11.5 Å². The molecule has 3 rings (SSSR count). The first-order chi connectivity index (χ1) is 8.78. The SMILES string of the molecule is NC[C@H]1Oc2ncc(F)cc2Oc2ccccc21. The second kappa shape index (κ2) is 4.27. The molecule has 92 valence electrons. The molecule has 0 unspecified atom stereocenters. The van der Waals surface area contributed by atoms with E-state index in [1.807, 2.05) is 18.2 Å². The minimum atomic E-state index is -0.471. The Morgan fingerprint density at radius 1 is 1.28 bits per heavy atom. The highest BCUT2D eigenvalue weighted by atomic mass is 19.1. The van der Waals surface area contributed by atoms with Gasteiger partial charge in [-0.15, -0.1) is 0 Å². The van der Waals surface area contributed by atoms with Crippen LogP contribution in [0.4, 0.5) is 4.39 Å². The van der Waals surface area contributed by atoms with Crippen molar-refractivity contribution in [1.82, 2.24) is 4.98 Å². The van der Waals surface area contributed by atoms with Gasteiger partial charge in [-0.05, 0) is 6.07 Å². The Labute approximate surface area is 103 Å². The van der Waals surface area contributed by atoms with Gasteiger partial charge < -0.3 is 15.2 Å². The van der Waals surface area contributed by atoms with Crippen LogP contribution in [-0.2, 0) is 0 Å². The molecule has 0 saturated carbocycles. The lowest BCUT2D eigenvalue weighted by atomic mass is 10.1. The predicted molar refractivity (Wildman–Crippen MR) is 63.1 cm³/mol. The van der Waals surface area contributed by atoms with E-state index in [9.17, 15) is 4.39 Å². The molecule has 18 heavy (non-hydrogen) atoms. The minimum absolute atomic E-state index is 0.253. The van der Waals surface area contributed by atoms with E-state index >= 15 is 0 Å². The van der Waals surface area contributed by atoms with Gasteiger partial charge in [0.05, 0.1) is 6.20 Å². The van der Waals surface area contributed by atoms with Crippen LogP contribution in [0.25, 0.3) is 0 Å². The van der Waals surface area contributed by atoms with Gasteiger partial charge in [-0.1, -0.05) is 18.2 Å². The van der Waals surface area contributed by atoms with E-state index in [1.165, 1.54) is 6.07 Å². The largest absolute Gasteiger partial charge is 0.465 e. The first kappa shape index (κ1) is 11.0. The first-order valence-electron chi connectivity index (χ1n) is 5.57. The number of fused-ring (bicyclic) bond motifs is 2. The molecule has 1 aliphatic rings. The summed E-state index contributed by atoms with van der Waals surface area (Å²) in [6.45, 7) is 0.291. The van der Waals surface area contributed by atoms with Gasteiger partial charge in [-0.2, -0.15) is 0 Å². The van der Waals surface area contributed by atoms with Gasteiger partial charge in [0.1, 0.15) is 17.7 Å². The molecule has 0 saturated heterocycles. The van der Waals surface area contributed by atoms with Crippen molar-refractivity contribution in [2.75, 3.05) is 6.54 Å². The Balaban J connectivity index is 2.13. The monoisotopic (exact) mass is 246 g/mol. The molecular formula is C13H11FN2O2. The maximum absolute atomic E-state index is 13.2. The van der Waals surface area contributed by atoms with Crippen LogP contribution in [0.15, 0.2) is 36.5 Å². The van der Waals surface area contributed by atoms with Gasteiger partial charge in [0, 0.05) is 18.2 Å². The van der Waals surface area contributed by atoms with Crippen LogP contribution in [0.5, 0.6) is 17.4 Å². The Bertz CT molecular complexity index is 589. The lowest BCUT2D eigenvalue weighted by molar-refractivity contribution is 0.207. The number of halogens is 1. The summed E-state index contributed by atoms with van der Waals surface area (Å²) in [6.07, 6.45) is 0.742. The van der Waals surface area contributed by atoms with Gasteiger partial charge in [-0.25, -0.2) is 9.37 Å². The number of pyridine rings is 1. The number of benzene rings is 1. The molecule has 0 aliphatic carbocycles. The number of nitrogens with zero attached hydrogens (tertiary/aromatic N) is 1. The number of rotatable bonds is 1. The molecule has 1 aromatic carbocycles. The smallest absolute Gasteiger partial charge is 0.258 e. The average molecular weight is 246 g/mol. The zero-order chi connectivity index (χ0) is 12.5. The van der Waals surface area contributed by atoms with E-state index in [0.717, 1.165) is 11.8 Å². The van der Waals surface area contributed by atoms with Gasteiger partial charge in [-0.3, -0.25) is 0 Å². The second-order valence-corrected chi connectivity index (χ2v) is 3.94. The fourth-order valence-electron chi connectivity index (χ4n) is 1.90. The average Bonchev–Trinajstić information content (AvgIpc) is 2.54. The minimum Gasteiger partial charge on any atom is -0.465 e. The van der Waals surface area contributed by atoms with Crippen LogP contribution in [0.3, 0.4) is 0 Å². The third-order valence-corrected chi connectivity index (χ3v) is 2.74. The molecule has 0 radical (unpaired) electrons. The van der Waals surface area contributed by atoms with E-state index in [4.69, 9.17) is 15.2 Å². The van der Waals surface area contributed by atoms with Crippen molar-refractivity contribution in [2.24, 2.45) is 5.73 Å². The lowest BCUT2D eigenvalue weighted by Gasteiger charge is -2.14. The topological polar surface area (TPSA) is 57.4 Å². The molecule has 0 fully saturated rings. The Hall–Kier alpha value is -2.14. The van der Waals surface area contributed by atoms with Crippen molar-refractivity contribution in [3.63, 3.8) is 0 Å². The summed E-state index contributed by atoms with van der Waals surface area (Å²) < 4.78 is 24.5. The maximum Gasteiger partial charge on any atom is 0.258 e. The number of para-hydroxylation sites is 1. The standard InChI is InChI=1S/C13H11FN2O2/c14-8-5-11-13(16-7-8)18-12(6-15)9-3-1-2-4-10(9)17-11/h1-5,7,12H,6,15H2/t12-/m1/s1. The van der Waals surface area contributed by atoms with E-state index in [0.29, 0.717) is 12.3 Å². The lowest BCUT2D eigenvalue weighted by Crippen LogP contribution is -2.18. The van der Waals surface area contributed by atoms with Crippen LogP contribution < -0.4 is 15.2 Å². The summed E-state index contributed by atoms with van der Waals surface area (Å²) in [7, 11) is 0. The number of aromatic nitrogens is 1. The summed E-state index contributed by atoms with van der Waals surface area (Å²) in [6, 6.07) is 8.62. The van der Waals surface area contributed by atoms with E-state index in [1.54, 1.807) is 6.07 Å². The third-order valence-electron chi connectivity index (χ3n) is 2.74. The normalized spacial score (nSPS) is 16.9. The number of hydrogen-bond donors (Lipinski definition) is 1. The summed E-state index contributed by atoms with van der Waals surface area (Å²) >= 11 is 0. The zero-order valence-electron chi connectivity index (χ0n) is 9.47. The highest BCUT2D eigenvalue weighted by molar-refractivity contribution is 5.45. The van der Waals surface area contributed by atoms with Crippen molar-refractivity contribution in [2.45, 2.75) is 6.10 Å². The molecule has 1 aliphatic heterocycles. The molecule has 1 atom stereocenters. The quantitative estimate of drug-likeness (QED) is 0.839. The van der Waals surface area contributed by atoms with E-state index < -0.39 is 5.82 Å². The molecule has 0 bridgehead atoms. The number of nitrogens with two attached hydrogens (primary N) is 1. The van der Waals surface area contributed by atoms with Crippen LogP contribution in [0, 0.1) is 5.82 Å². The fraction of sp³-hybridized carbons (Fsp3) is 0.154. The molecule has 5 heteroatoms. The molecule has 0 amide bonds. The van der Waals surface area contributed by atoms with Crippen LogP contribution >= 0.6 is 0 Å². The number of hydrogen-bond acceptors (Lipinski definition) is 4. The molecule has 0 spiro atoms. The highest BCUT2D eigenvalue weighted by Gasteiger charge is 2.24. The van der Waals surface area contributed by atoms with Crippen LogP contribution in [0.1, 0.15) is 11.7 Å². The van der Waals surface area contributed by atoms with Crippen LogP contribution in [0.2, 0.25) is 0 Å². The molecule has 2 aromatic rings. The van der Waals surface area contributed by atoms with Crippen molar-refractivity contribution in [1.29, 1.82) is 0 Å². The van der Waals surface area contributed by atoms with E-state index in [-0.39, 0.29) is 17.7 Å². The van der Waals surface area contributed by atoms with Crippen molar-refractivity contribution >= 4 is 0 Å². The molecule has 2 heterocycles. The van der Waals surface area contributed by atoms with E-state index in [2.05, 4.69) is 4.98 Å². The summed E-state index contributed by atoms with van der Waals surface area (Å²) in [4.78, 5) is 3.88. The first-order valence-corrected chi connectivity index (χ1v) is 5.57. The molecular weight excluding hydrogens is 235 g/mol. The van der Waals surface area contributed by atoms with Crippen molar-refractivity contribution in [3.8, 4) is 17.4 Å². The predicted octanol–water partition coefficient (Wildman–Crippen LogP) is 2.41. The van der Waals surface area contributed by atoms with Crippen molar-refractivity contribution < 1.29 is 13.9 Å². The Morgan fingerprint density at radius 2 is 2.11 bits per heavy atom.